The Labute approximate surface area is 219 Å². The van der Waals surface area contributed by atoms with Gasteiger partial charge in [0.2, 0.25) is 5.91 Å². The van der Waals surface area contributed by atoms with Gasteiger partial charge in [-0.1, -0.05) is 11.8 Å². The molecular weight excluding hydrogens is 474 g/mol. The van der Waals surface area contributed by atoms with E-state index in [2.05, 4.69) is 17.2 Å². The molecule has 0 saturated heterocycles. The van der Waals surface area contributed by atoms with E-state index in [0.29, 0.717) is 36.2 Å². The zero-order chi connectivity index (χ0) is 27.8. The number of alkyl carbamates (subject to hydrolysis) is 1. The van der Waals surface area contributed by atoms with Gasteiger partial charge in [-0.3, -0.25) is 14.4 Å². The summed E-state index contributed by atoms with van der Waals surface area (Å²) in [6.45, 7) is 13.2. The third kappa shape index (κ3) is 8.81. The van der Waals surface area contributed by atoms with Crippen molar-refractivity contribution in [1.29, 1.82) is 0 Å². The summed E-state index contributed by atoms with van der Waals surface area (Å²) >= 11 is 0. The first-order chi connectivity index (χ1) is 17.3. The highest BCUT2D eigenvalue weighted by Gasteiger charge is 2.35. The Bertz CT molecular complexity index is 1060. The quantitative estimate of drug-likeness (QED) is 0.321. The van der Waals surface area contributed by atoms with Crippen molar-refractivity contribution in [2.75, 3.05) is 24.6 Å². The summed E-state index contributed by atoms with van der Waals surface area (Å²) in [6, 6.07) is 4.56. The summed E-state index contributed by atoms with van der Waals surface area (Å²) in [5, 5.41) is 2.70. The number of esters is 1. The minimum Gasteiger partial charge on any atom is -0.466 e. The second kappa shape index (κ2) is 13.1. The maximum atomic E-state index is 13.6. The molecule has 3 amide bonds. The molecule has 37 heavy (non-hydrogen) atoms. The molecule has 0 saturated carbocycles. The number of hydrogen-bond acceptors (Lipinski definition) is 6. The van der Waals surface area contributed by atoms with Gasteiger partial charge in [-0.2, -0.15) is 0 Å². The number of unbranched alkanes of at least 4 members (excludes halogenated alkanes) is 1. The lowest BCUT2D eigenvalue weighted by molar-refractivity contribution is -0.144. The van der Waals surface area contributed by atoms with Crippen LogP contribution in [0, 0.1) is 11.8 Å². The summed E-state index contributed by atoms with van der Waals surface area (Å²) in [6.07, 6.45) is 0.724. The van der Waals surface area contributed by atoms with Crippen LogP contribution in [-0.4, -0.2) is 66.2 Å². The van der Waals surface area contributed by atoms with Crippen LogP contribution in [0.5, 0.6) is 0 Å². The molecule has 1 aliphatic heterocycles. The second-order valence-corrected chi connectivity index (χ2v) is 10.2. The number of benzene rings is 1. The normalized spacial score (nSPS) is 14.4. The van der Waals surface area contributed by atoms with Gasteiger partial charge < -0.3 is 24.6 Å². The van der Waals surface area contributed by atoms with Gasteiger partial charge in [-0.25, -0.2) is 4.79 Å². The van der Waals surface area contributed by atoms with E-state index in [1.165, 1.54) is 4.90 Å². The number of nitrogens with zero attached hydrogens (tertiary/aromatic N) is 2. The highest BCUT2D eigenvalue weighted by Crippen LogP contribution is 2.29. The van der Waals surface area contributed by atoms with Crippen LogP contribution in [0.3, 0.4) is 0 Å². The van der Waals surface area contributed by atoms with E-state index in [1.54, 1.807) is 57.7 Å². The first-order valence-corrected chi connectivity index (χ1v) is 12.7. The van der Waals surface area contributed by atoms with Gasteiger partial charge in [0, 0.05) is 30.6 Å². The van der Waals surface area contributed by atoms with Crippen molar-refractivity contribution in [2.45, 2.75) is 85.4 Å². The molecule has 9 heteroatoms. The largest absolute Gasteiger partial charge is 0.466 e. The van der Waals surface area contributed by atoms with Crippen LogP contribution in [-0.2, 0) is 19.1 Å². The summed E-state index contributed by atoms with van der Waals surface area (Å²) in [4.78, 5) is 53.5. The van der Waals surface area contributed by atoms with Crippen LogP contribution >= 0.6 is 0 Å². The number of nitrogens with one attached hydrogen (secondary N) is 1. The highest BCUT2D eigenvalue weighted by atomic mass is 16.6. The highest BCUT2D eigenvalue weighted by molar-refractivity contribution is 6.10. The Kier molecular flexibility index (Phi) is 10.5. The first kappa shape index (κ1) is 29.7. The fourth-order valence-electron chi connectivity index (χ4n) is 3.92. The van der Waals surface area contributed by atoms with Gasteiger partial charge >= 0.3 is 12.1 Å². The number of carbonyl (C=O) groups is 4. The molecule has 0 spiro atoms. The van der Waals surface area contributed by atoms with Gasteiger partial charge in [0.25, 0.3) is 5.91 Å². The predicted octanol–water partition coefficient (Wildman–Crippen LogP) is 3.88. The lowest BCUT2D eigenvalue weighted by Crippen LogP contribution is -2.46. The van der Waals surface area contributed by atoms with Crippen molar-refractivity contribution in [3.05, 3.63) is 29.3 Å². The van der Waals surface area contributed by atoms with E-state index in [0.717, 1.165) is 0 Å². The number of rotatable bonds is 8. The van der Waals surface area contributed by atoms with Crippen molar-refractivity contribution < 1.29 is 28.7 Å². The van der Waals surface area contributed by atoms with Gasteiger partial charge in [-0.05, 0) is 73.1 Å². The van der Waals surface area contributed by atoms with Crippen molar-refractivity contribution >= 4 is 29.6 Å². The van der Waals surface area contributed by atoms with E-state index in [4.69, 9.17) is 9.47 Å². The fraction of sp³-hybridized carbons (Fsp3) is 0.571. The summed E-state index contributed by atoms with van der Waals surface area (Å²) in [5.74, 6) is 5.18. The minimum atomic E-state index is -0.547. The fourth-order valence-corrected chi connectivity index (χ4v) is 3.92. The van der Waals surface area contributed by atoms with Crippen LogP contribution < -0.4 is 10.2 Å². The first-order valence-electron chi connectivity index (χ1n) is 12.7. The Morgan fingerprint density at radius 1 is 1.16 bits per heavy atom. The second-order valence-electron chi connectivity index (χ2n) is 10.2. The number of ether oxygens (including phenoxy) is 2. The Morgan fingerprint density at radius 2 is 1.86 bits per heavy atom. The van der Waals surface area contributed by atoms with Crippen molar-refractivity contribution in [3.63, 3.8) is 0 Å². The van der Waals surface area contributed by atoms with E-state index in [-0.39, 0.29) is 37.4 Å². The summed E-state index contributed by atoms with van der Waals surface area (Å²) in [5.41, 5.74) is 0.995. The molecule has 1 atom stereocenters. The van der Waals surface area contributed by atoms with Crippen LogP contribution in [0.4, 0.5) is 10.5 Å². The third-order valence-corrected chi connectivity index (χ3v) is 5.52. The molecule has 1 aliphatic rings. The molecule has 0 aromatic heterocycles. The number of hydrogen-bond donors (Lipinski definition) is 1. The maximum Gasteiger partial charge on any atom is 0.407 e. The van der Waals surface area contributed by atoms with Gasteiger partial charge in [0.15, 0.2) is 0 Å². The average molecular weight is 514 g/mol. The van der Waals surface area contributed by atoms with E-state index >= 15 is 0 Å². The predicted molar refractivity (Wildman–Crippen MR) is 141 cm³/mol. The molecule has 1 aromatic rings. The molecule has 0 radical (unpaired) electrons. The Hall–Kier alpha value is -3.54. The van der Waals surface area contributed by atoms with Crippen molar-refractivity contribution in [1.82, 2.24) is 10.2 Å². The van der Waals surface area contributed by atoms with Crippen LogP contribution in [0.15, 0.2) is 18.2 Å². The molecule has 0 fully saturated rings. The Balaban J connectivity index is 2.18. The van der Waals surface area contributed by atoms with Crippen LogP contribution in [0.1, 0.15) is 83.7 Å². The average Bonchev–Trinajstić information content (AvgIpc) is 2.89. The standard InChI is InChI=1S/C28H39N3O6/c1-8-36-25(33)16-20(4)30-18-24(32)31(19(2)3)23-14-13-21(17-22(23)26(30)34)12-10-9-11-15-29-27(35)37-28(5,6)7/h13-14,17,19-20H,8-9,11,15-16,18H2,1-7H3,(H,29,35). The van der Waals surface area contributed by atoms with Gasteiger partial charge in [0.05, 0.1) is 24.3 Å². The molecule has 0 bridgehead atoms. The smallest absolute Gasteiger partial charge is 0.407 e. The zero-order valence-corrected chi connectivity index (χ0v) is 23.0. The van der Waals surface area contributed by atoms with Crippen LogP contribution in [0.2, 0.25) is 0 Å². The van der Waals surface area contributed by atoms with E-state index in [9.17, 15) is 19.2 Å². The van der Waals surface area contributed by atoms with Gasteiger partial charge in [0.1, 0.15) is 12.1 Å². The van der Waals surface area contributed by atoms with Crippen molar-refractivity contribution in [3.8, 4) is 11.8 Å². The van der Waals surface area contributed by atoms with Crippen LogP contribution in [0.25, 0.3) is 0 Å². The monoisotopic (exact) mass is 513 g/mol. The molecule has 1 N–H and O–H groups in total. The summed E-state index contributed by atoms with van der Waals surface area (Å²) in [7, 11) is 0. The maximum absolute atomic E-state index is 13.6. The van der Waals surface area contributed by atoms with Gasteiger partial charge in [-0.15, -0.1) is 0 Å². The molecule has 0 aliphatic carbocycles. The molecule has 1 unspecified atom stereocenters. The lowest BCUT2D eigenvalue weighted by atomic mass is 10.0. The lowest BCUT2D eigenvalue weighted by Gasteiger charge is -2.28. The number of anilines is 1. The minimum absolute atomic E-state index is 0.000694. The molecular formula is C28H39N3O6. The molecule has 2 rings (SSSR count). The number of carbonyl (C=O) groups excluding carboxylic acids is 4. The molecule has 202 valence electrons. The zero-order valence-electron chi connectivity index (χ0n) is 23.0. The topological polar surface area (TPSA) is 105 Å². The molecule has 1 heterocycles. The third-order valence-electron chi connectivity index (χ3n) is 5.52. The Morgan fingerprint density at radius 3 is 2.49 bits per heavy atom. The SMILES string of the molecule is CCOC(=O)CC(C)N1CC(=O)N(C(C)C)c2ccc(C#CCCCNC(=O)OC(C)(C)C)cc2C1=O. The van der Waals surface area contributed by atoms with Crippen molar-refractivity contribution in [2.24, 2.45) is 0 Å². The molecule has 1 aromatic carbocycles. The van der Waals surface area contributed by atoms with E-state index < -0.39 is 23.7 Å². The summed E-state index contributed by atoms with van der Waals surface area (Å²) < 4.78 is 10.2. The van der Waals surface area contributed by atoms with E-state index in [1.807, 2.05) is 13.8 Å². The molecule has 9 nitrogen and oxygen atoms in total. The number of fused-ring (bicyclic) bond motifs is 1. The number of amides is 3.